The smallest absolute Gasteiger partial charge is 0.251 e. The molecule has 0 aromatic heterocycles. The average Bonchev–Trinajstić information content (AvgIpc) is 2.04. The third kappa shape index (κ3) is 4.50. The van der Waals surface area contributed by atoms with Gasteiger partial charge in [0.05, 0.1) is 19.3 Å². The van der Waals surface area contributed by atoms with Gasteiger partial charge in [0.1, 0.15) is 0 Å². The number of morpholine rings is 1. The Balaban J connectivity index is 2.14. The lowest BCUT2D eigenvalue weighted by Crippen LogP contribution is -2.45. The zero-order chi connectivity index (χ0) is 9.68. The maximum Gasteiger partial charge on any atom is 0.251 e. The van der Waals surface area contributed by atoms with Crippen molar-refractivity contribution >= 4 is 0 Å². The van der Waals surface area contributed by atoms with Crippen LogP contribution in [0.3, 0.4) is 0 Å². The SMILES string of the molecule is CN(CC(F)F)CC1CNCCO1. The summed E-state index contributed by atoms with van der Waals surface area (Å²) in [6.07, 6.45) is -2.21. The molecule has 0 saturated carbocycles. The number of rotatable bonds is 4. The van der Waals surface area contributed by atoms with Crippen molar-refractivity contribution in [3.05, 3.63) is 0 Å². The van der Waals surface area contributed by atoms with Crippen molar-refractivity contribution in [2.45, 2.75) is 12.5 Å². The lowest BCUT2D eigenvalue weighted by molar-refractivity contribution is -0.000344. The summed E-state index contributed by atoms with van der Waals surface area (Å²) in [6.45, 7) is 2.67. The van der Waals surface area contributed by atoms with Gasteiger partial charge < -0.3 is 10.1 Å². The Labute approximate surface area is 77.0 Å². The van der Waals surface area contributed by atoms with E-state index in [0.717, 1.165) is 13.1 Å². The van der Waals surface area contributed by atoms with Gasteiger partial charge in [-0.2, -0.15) is 0 Å². The third-order valence-corrected chi connectivity index (χ3v) is 1.97. The Kier molecular flexibility index (Phi) is 4.55. The number of hydrogen-bond acceptors (Lipinski definition) is 3. The highest BCUT2D eigenvalue weighted by atomic mass is 19.3. The summed E-state index contributed by atoms with van der Waals surface area (Å²) in [4.78, 5) is 1.60. The van der Waals surface area contributed by atoms with E-state index in [9.17, 15) is 8.78 Å². The van der Waals surface area contributed by atoms with Crippen molar-refractivity contribution in [1.82, 2.24) is 10.2 Å². The Hall–Kier alpha value is -0.260. The number of nitrogens with one attached hydrogen (secondary N) is 1. The first-order valence-corrected chi connectivity index (χ1v) is 4.47. The molecule has 1 aliphatic rings. The molecule has 1 heterocycles. The predicted octanol–water partition coefficient (Wildman–Crippen LogP) is 0.172. The molecular formula is C8H16F2N2O. The summed E-state index contributed by atoms with van der Waals surface area (Å²) < 4.78 is 29.3. The number of alkyl halides is 2. The second-order valence-corrected chi connectivity index (χ2v) is 3.31. The largest absolute Gasteiger partial charge is 0.374 e. The summed E-state index contributed by atoms with van der Waals surface area (Å²) in [5.41, 5.74) is 0. The monoisotopic (exact) mass is 194 g/mol. The van der Waals surface area contributed by atoms with E-state index in [0.29, 0.717) is 13.2 Å². The van der Waals surface area contributed by atoms with Gasteiger partial charge in [-0.1, -0.05) is 0 Å². The molecule has 1 atom stereocenters. The topological polar surface area (TPSA) is 24.5 Å². The van der Waals surface area contributed by atoms with Crippen molar-refractivity contribution in [3.63, 3.8) is 0 Å². The number of nitrogens with zero attached hydrogens (tertiary/aromatic N) is 1. The summed E-state index contributed by atoms with van der Waals surface area (Å²) >= 11 is 0. The fourth-order valence-corrected chi connectivity index (χ4v) is 1.39. The summed E-state index contributed by atoms with van der Waals surface area (Å²) in [6, 6.07) is 0. The summed E-state index contributed by atoms with van der Waals surface area (Å²) in [5, 5.41) is 3.15. The van der Waals surface area contributed by atoms with E-state index in [1.165, 1.54) is 0 Å². The van der Waals surface area contributed by atoms with Crippen molar-refractivity contribution in [2.75, 3.05) is 39.8 Å². The zero-order valence-corrected chi connectivity index (χ0v) is 7.80. The van der Waals surface area contributed by atoms with Crippen LogP contribution in [0.15, 0.2) is 0 Å². The van der Waals surface area contributed by atoms with Crippen LogP contribution in [0, 0.1) is 0 Å². The molecule has 1 N–H and O–H groups in total. The van der Waals surface area contributed by atoms with E-state index in [-0.39, 0.29) is 12.6 Å². The molecule has 0 bridgehead atoms. The van der Waals surface area contributed by atoms with Crippen LogP contribution in [0.5, 0.6) is 0 Å². The molecule has 1 fully saturated rings. The zero-order valence-electron chi connectivity index (χ0n) is 7.80. The second-order valence-electron chi connectivity index (χ2n) is 3.31. The summed E-state index contributed by atoms with van der Waals surface area (Å²) in [7, 11) is 1.68. The van der Waals surface area contributed by atoms with E-state index in [1.54, 1.807) is 11.9 Å². The first-order valence-electron chi connectivity index (χ1n) is 4.47. The van der Waals surface area contributed by atoms with Gasteiger partial charge in [0, 0.05) is 19.6 Å². The second kappa shape index (κ2) is 5.47. The van der Waals surface area contributed by atoms with Gasteiger partial charge in [0.15, 0.2) is 0 Å². The molecule has 1 saturated heterocycles. The first-order chi connectivity index (χ1) is 6.18. The van der Waals surface area contributed by atoms with Crippen LogP contribution in [-0.4, -0.2) is 57.3 Å². The van der Waals surface area contributed by atoms with E-state index in [2.05, 4.69) is 5.32 Å². The van der Waals surface area contributed by atoms with E-state index in [4.69, 9.17) is 4.74 Å². The summed E-state index contributed by atoms with van der Waals surface area (Å²) in [5.74, 6) is 0. The van der Waals surface area contributed by atoms with E-state index < -0.39 is 6.43 Å². The first kappa shape index (κ1) is 10.8. The van der Waals surface area contributed by atoms with Gasteiger partial charge in [-0.25, -0.2) is 8.78 Å². The Morgan fingerprint density at radius 2 is 2.38 bits per heavy atom. The molecule has 3 nitrogen and oxygen atoms in total. The minimum atomic E-state index is -2.26. The van der Waals surface area contributed by atoms with Crippen LogP contribution in [-0.2, 0) is 4.74 Å². The van der Waals surface area contributed by atoms with Gasteiger partial charge in [-0.15, -0.1) is 0 Å². The fraction of sp³-hybridized carbons (Fsp3) is 1.00. The minimum absolute atomic E-state index is 0.0532. The molecule has 1 rings (SSSR count). The molecule has 0 spiro atoms. The molecule has 0 radical (unpaired) electrons. The van der Waals surface area contributed by atoms with Crippen LogP contribution in [0.2, 0.25) is 0 Å². The number of halogens is 2. The van der Waals surface area contributed by atoms with Crippen molar-refractivity contribution in [1.29, 1.82) is 0 Å². The highest BCUT2D eigenvalue weighted by molar-refractivity contribution is 4.70. The molecule has 0 aromatic rings. The standard InChI is InChI=1S/C8H16F2N2O/c1-12(6-8(9)10)5-7-4-11-2-3-13-7/h7-8,11H,2-6H2,1H3. The average molecular weight is 194 g/mol. The van der Waals surface area contributed by atoms with E-state index in [1.807, 2.05) is 0 Å². The van der Waals surface area contributed by atoms with Crippen LogP contribution < -0.4 is 5.32 Å². The van der Waals surface area contributed by atoms with Gasteiger partial charge in [0.25, 0.3) is 6.43 Å². The molecule has 0 aliphatic carbocycles. The Morgan fingerprint density at radius 3 is 2.92 bits per heavy atom. The molecule has 13 heavy (non-hydrogen) atoms. The van der Waals surface area contributed by atoms with Gasteiger partial charge in [-0.3, -0.25) is 4.90 Å². The lowest BCUT2D eigenvalue weighted by atomic mass is 10.3. The number of likely N-dealkylation sites (N-methyl/N-ethyl adjacent to an activating group) is 1. The highest BCUT2D eigenvalue weighted by Gasteiger charge is 2.17. The molecule has 0 aromatic carbocycles. The Bertz CT molecular complexity index is 140. The maximum absolute atomic E-state index is 11.9. The highest BCUT2D eigenvalue weighted by Crippen LogP contribution is 2.01. The molecule has 0 amide bonds. The van der Waals surface area contributed by atoms with Crippen LogP contribution >= 0.6 is 0 Å². The van der Waals surface area contributed by atoms with E-state index >= 15 is 0 Å². The molecular weight excluding hydrogens is 178 g/mol. The third-order valence-electron chi connectivity index (χ3n) is 1.97. The lowest BCUT2D eigenvalue weighted by Gasteiger charge is -2.27. The van der Waals surface area contributed by atoms with Crippen LogP contribution in [0.4, 0.5) is 8.78 Å². The molecule has 1 unspecified atom stereocenters. The van der Waals surface area contributed by atoms with Crippen molar-refractivity contribution in [2.24, 2.45) is 0 Å². The Morgan fingerprint density at radius 1 is 1.62 bits per heavy atom. The van der Waals surface area contributed by atoms with Crippen molar-refractivity contribution in [3.8, 4) is 0 Å². The normalized spacial score (nSPS) is 24.2. The minimum Gasteiger partial charge on any atom is -0.374 e. The fourth-order valence-electron chi connectivity index (χ4n) is 1.39. The number of hydrogen-bond donors (Lipinski definition) is 1. The number of ether oxygens (including phenoxy) is 1. The van der Waals surface area contributed by atoms with Crippen LogP contribution in [0.25, 0.3) is 0 Å². The van der Waals surface area contributed by atoms with Gasteiger partial charge >= 0.3 is 0 Å². The molecule has 5 heteroatoms. The quantitative estimate of drug-likeness (QED) is 0.690. The van der Waals surface area contributed by atoms with Gasteiger partial charge in [0.2, 0.25) is 0 Å². The van der Waals surface area contributed by atoms with Crippen molar-refractivity contribution < 1.29 is 13.5 Å². The molecule has 78 valence electrons. The maximum atomic E-state index is 11.9. The molecule has 1 aliphatic heterocycles. The predicted molar refractivity (Wildman–Crippen MR) is 46.1 cm³/mol. The van der Waals surface area contributed by atoms with Crippen LogP contribution in [0.1, 0.15) is 0 Å². The van der Waals surface area contributed by atoms with Gasteiger partial charge in [-0.05, 0) is 7.05 Å².